The fraction of sp³-hybridized carbons (Fsp3) is 0.345. The molecule has 0 saturated carbocycles. The topological polar surface area (TPSA) is 106 Å². The number of carbonyl (C=O) groups is 1. The van der Waals surface area contributed by atoms with Crippen molar-refractivity contribution in [2.75, 3.05) is 18.4 Å². The van der Waals surface area contributed by atoms with E-state index in [4.69, 9.17) is 4.74 Å². The van der Waals surface area contributed by atoms with E-state index in [1.807, 2.05) is 0 Å². The van der Waals surface area contributed by atoms with Crippen LogP contribution in [0.25, 0.3) is 22.2 Å². The molecule has 2 aromatic carbocycles. The zero-order valence-electron chi connectivity index (χ0n) is 23.5. The van der Waals surface area contributed by atoms with Gasteiger partial charge in [-0.15, -0.1) is 0 Å². The number of benzene rings is 2. The van der Waals surface area contributed by atoms with Crippen molar-refractivity contribution in [2.24, 2.45) is 0 Å². The van der Waals surface area contributed by atoms with Gasteiger partial charge in [-0.05, 0) is 57.9 Å². The second kappa shape index (κ2) is 11.5. The number of anilines is 1. The Kier molecular flexibility index (Phi) is 8.20. The first-order chi connectivity index (χ1) is 20.1. The molecule has 1 fully saturated rings. The predicted octanol–water partition coefficient (Wildman–Crippen LogP) is 6.93. The van der Waals surface area contributed by atoms with E-state index in [1.54, 1.807) is 51.1 Å². The van der Waals surface area contributed by atoms with Crippen molar-refractivity contribution >= 4 is 48.9 Å². The van der Waals surface area contributed by atoms with Gasteiger partial charge in [0, 0.05) is 46.9 Å². The van der Waals surface area contributed by atoms with Crippen LogP contribution < -0.4 is 5.32 Å². The standard InChI is InChI=1S/C29H29BrF3N5O4S/c1-28(2,3)42-27(39)37-13-7-8-19(16-37)35-26-34-15-23(29(31,32)33)25(36-26)22-17-38(24-14-18(30)11-12-21(22)24)43(40,41)20-9-5-4-6-10-20/h4-6,9-12,14-15,17,19H,7-8,13,16H2,1-3H3,(H,34,35,36). The number of piperidine rings is 1. The largest absolute Gasteiger partial charge is 0.444 e. The SMILES string of the molecule is CC(C)(C)OC(=O)N1CCCC(Nc2ncc(C(F)(F)F)c(-c3cn(S(=O)(=O)c4ccccc4)c4cc(Br)ccc34)n2)C1. The van der Waals surface area contributed by atoms with Crippen LogP contribution in [0.5, 0.6) is 0 Å². The first kappa shape index (κ1) is 30.8. The summed E-state index contributed by atoms with van der Waals surface area (Å²) < 4.78 is 77.1. The van der Waals surface area contributed by atoms with Crippen LogP contribution in [0.2, 0.25) is 0 Å². The number of fused-ring (bicyclic) bond motifs is 1. The van der Waals surface area contributed by atoms with Gasteiger partial charge in [-0.3, -0.25) is 0 Å². The fourth-order valence-electron chi connectivity index (χ4n) is 4.90. The number of ether oxygens (including phenoxy) is 1. The number of nitrogens with zero attached hydrogens (tertiary/aromatic N) is 4. The summed E-state index contributed by atoms with van der Waals surface area (Å²) in [5.74, 6) is -0.0806. The fourth-order valence-corrected chi connectivity index (χ4v) is 6.63. The number of likely N-dealkylation sites (tertiary alicyclic amines) is 1. The third kappa shape index (κ3) is 6.64. The van der Waals surface area contributed by atoms with Crippen molar-refractivity contribution in [3.63, 3.8) is 0 Å². The van der Waals surface area contributed by atoms with Crippen LogP contribution in [0.4, 0.5) is 23.9 Å². The summed E-state index contributed by atoms with van der Waals surface area (Å²) in [5.41, 5.74) is -2.12. The molecule has 3 heterocycles. The van der Waals surface area contributed by atoms with Gasteiger partial charge in [-0.1, -0.05) is 40.2 Å². The molecular formula is C29H29BrF3N5O4S. The highest BCUT2D eigenvalue weighted by Crippen LogP contribution is 2.41. The van der Waals surface area contributed by atoms with Crippen LogP contribution in [-0.4, -0.2) is 58.1 Å². The monoisotopic (exact) mass is 679 g/mol. The Balaban J connectivity index is 1.57. The second-order valence-corrected chi connectivity index (χ2v) is 13.9. The van der Waals surface area contributed by atoms with Gasteiger partial charge >= 0.3 is 12.3 Å². The van der Waals surface area contributed by atoms with Crippen LogP contribution in [0.15, 0.2) is 70.3 Å². The molecule has 1 unspecified atom stereocenters. The Morgan fingerprint density at radius 2 is 1.84 bits per heavy atom. The average Bonchev–Trinajstić information content (AvgIpc) is 3.31. The molecule has 1 aliphatic heterocycles. The highest BCUT2D eigenvalue weighted by molar-refractivity contribution is 9.10. The van der Waals surface area contributed by atoms with Crippen molar-refractivity contribution in [2.45, 2.75) is 56.3 Å². The lowest BCUT2D eigenvalue weighted by atomic mass is 10.1. The number of halogens is 4. The molecule has 43 heavy (non-hydrogen) atoms. The molecule has 1 N–H and O–H groups in total. The van der Waals surface area contributed by atoms with E-state index >= 15 is 0 Å². The van der Waals surface area contributed by atoms with Crippen molar-refractivity contribution in [3.05, 3.63) is 71.0 Å². The van der Waals surface area contributed by atoms with Gasteiger partial charge in [-0.25, -0.2) is 27.2 Å². The van der Waals surface area contributed by atoms with Crippen molar-refractivity contribution in [1.29, 1.82) is 0 Å². The molecule has 228 valence electrons. The number of amides is 1. The molecule has 5 rings (SSSR count). The summed E-state index contributed by atoms with van der Waals surface area (Å²) in [6, 6.07) is 12.0. The third-order valence-electron chi connectivity index (χ3n) is 6.79. The average molecular weight is 681 g/mol. The van der Waals surface area contributed by atoms with Crippen LogP contribution in [0.3, 0.4) is 0 Å². The lowest BCUT2D eigenvalue weighted by Gasteiger charge is -2.34. The number of carbonyl (C=O) groups excluding carboxylic acids is 1. The molecule has 2 aromatic heterocycles. The van der Waals surface area contributed by atoms with Gasteiger partial charge < -0.3 is 15.0 Å². The molecular weight excluding hydrogens is 651 g/mol. The quantitative estimate of drug-likeness (QED) is 0.244. The minimum atomic E-state index is -4.83. The number of nitrogens with one attached hydrogen (secondary N) is 1. The molecule has 14 heteroatoms. The van der Waals surface area contributed by atoms with Gasteiger partial charge in [-0.2, -0.15) is 13.2 Å². The Hall–Kier alpha value is -3.65. The molecule has 0 bridgehead atoms. The minimum absolute atomic E-state index is 0.0219. The van der Waals surface area contributed by atoms with Crippen molar-refractivity contribution < 1.29 is 31.1 Å². The summed E-state index contributed by atoms with van der Waals surface area (Å²) in [6.45, 7) is 6.03. The van der Waals surface area contributed by atoms with Crippen molar-refractivity contribution in [3.8, 4) is 11.3 Å². The maximum atomic E-state index is 14.3. The normalized spacial score (nSPS) is 16.3. The van der Waals surface area contributed by atoms with E-state index in [9.17, 15) is 26.4 Å². The summed E-state index contributed by atoms with van der Waals surface area (Å²) in [7, 11) is -4.17. The zero-order chi connectivity index (χ0) is 31.2. The summed E-state index contributed by atoms with van der Waals surface area (Å²) in [6.07, 6.45) is -2.19. The first-order valence-corrected chi connectivity index (χ1v) is 15.7. The molecule has 0 aliphatic carbocycles. The molecule has 1 amide bonds. The van der Waals surface area contributed by atoms with E-state index < -0.39 is 39.2 Å². The van der Waals surface area contributed by atoms with Crippen LogP contribution >= 0.6 is 15.9 Å². The number of rotatable bonds is 5. The lowest BCUT2D eigenvalue weighted by molar-refractivity contribution is -0.137. The van der Waals surface area contributed by atoms with Crippen LogP contribution in [0.1, 0.15) is 39.2 Å². The van der Waals surface area contributed by atoms with Gasteiger partial charge in [0.25, 0.3) is 10.0 Å². The van der Waals surface area contributed by atoms with E-state index in [0.29, 0.717) is 30.1 Å². The van der Waals surface area contributed by atoms with E-state index in [2.05, 4.69) is 31.2 Å². The molecule has 4 aromatic rings. The Labute approximate surface area is 255 Å². The highest BCUT2D eigenvalue weighted by atomic mass is 79.9. The molecule has 0 radical (unpaired) electrons. The maximum Gasteiger partial charge on any atom is 0.419 e. The highest BCUT2D eigenvalue weighted by Gasteiger charge is 2.37. The van der Waals surface area contributed by atoms with Gasteiger partial charge in [0.2, 0.25) is 5.95 Å². The minimum Gasteiger partial charge on any atom is -0.444 e. The van der Waals surface area contributed by atoms with Gasteiger partial charge in [0.15, 0.2) is 0 Å². The molecule has 1 saturated heterocycles. The van der Waals surface area contributed by atoms with Crippen LogP contribution in [-0.2, 0) is 20.9 Å². The summed E-state index contributed by atoms with van der Waals surface area (Å²) >= 11 is 3.34. The molecule has 1 aliphatic rings. The lowest BCUT2D eigenvalue weighted by Crippen LogP contribution is -2.47. The van der Waals surface area contributed by atoms with Crippen molar-refractivity contribution in [1.82, 2.24) is 18.8 Å². The zero-order valence-corrected chi connectivity index (χ0v) is 25.9. The maximum absolute atomic E-state index is 14.3. The second-order valence-electron chi connectivity index (χ2n) is 11.2. The summed E-state index contributed by atoms with van der Waals surface area (Å²) in [4.78, 5) is 22.3. The third-order valence-corrected chi connectivity index (χ3v) is 8.97. The Morgan fingerprint density at radius 3 is 2.51 bits per heavy atom. The molecule has 1 atom stereocenters. The molecule has 9 nitrogen and oxygen atoms in total. The van der Waals surface area contributed by atoms with E-state index in [-0.39, 0.29) is 39.9 Å². The Bertz CT molecular complexity index is 1770. The molecule has 0 spiro atoms. The number of hydrogen-bond acceptors (Lipinski definition) is 7. The van der Waals surface area contributed by atoms with Gasteiger partial charge in [0.05, 0.1) is 16.1 Å². The first-order valence-electron chi connectivity index (χ1n) is 13.4. The smallest absolute Gasteiger partial charge is 0.419 e. The van der Waals surface area contributed by atoms with E-state index in [1.165, 1.54) is 23.1 Å². The number of alkyl halides is 3. The van der Waals surface area contributed by atoms with Gasteiger partial charge in [0.1, 0.15) is 11.2 Å². The summed E-state index contributed by atoms with van der Waals surface area (Å²) in [5, 5.41) is 3.32. The number of aromatic nitrogens is 3. The van der Waals surface area contributed by atoms with E-state index in [0.717, 1.165) is 10.2 Å². The number of hydrogen-bond donors (Lipinski definition) is 1. The van der Waals surface area contributed by atoms with Crippen LogP contribution in [0, 0.1) is 0 Å². The Morgan fingerprint density at radius 1 is 1.12 bits per heavy atom. The predicted molar refractivity (Wildman–Crippen MR) is 159 cm³/mol.